The summed E-state index contributed by atoms with van der Waals surface area (Å²) in [5.41, 5.74) is 0. The summed E-state index contributed by atoms with van der Waals surface area (Å²) in [4.78, 5) is 0. The summed E-state index contributed by atoms with van der Waals surface area (Å²) in [6.07, 6.45) is 9.30. The van der Waals surface area contributed by atoms with Crippen molar-refractivity contribution in [1.29, 1.82) is 0 Å². The van der Waals surface area contributed by atoms with Gasteiger partial charge >= 0.3 is 0 Å². The molecule has 0 aliphatic heterocycles. The Morgan fingerprint density at radius 1 is 1.56 bits per heavy atom. The summed E-state index contributed by atoms with van der Waals surface area (Å²) in [5, 5.41) is 0. The summed E-state index contributed by atoms with van der Waals surface area (Å²) in [6.45, 7) is 3.81. The van der Waals surface area contributed by atoms with Crippen molar-refractivity contribution in [3.05, 3.63) is 30.7 Å². The molecule has 0 heterocycles. The van der Waals surface area contributed by atoms with Crippen LogP contribution in [0.1, 0.15) is 12.8 Å². The van der Waals surface area contributed by atoms with Gasteiger partial charge in [0, 0.05) is 0 Å². The van der Waals surface area contributed by atoms with Crippen molar-refractivity contribution in [2.45, 2.75) is 12.8 Å². The van der Waals surface area contributed by atoms with E-state index in [0.29, 0.717) is 0 Å². The predicted octanol–water partition coefficient (Wildman–Crippen LogP) is 2.34. The smallest absolute Gasteiger partial charge is 0.00152 e. The van der Waals surface area contributed by atoms with Crippen LogP contribution < -0.4 is 0 Å². The number of fused-ring (bicyclic) bond motifs is 2. The maximum Gasteiger partial charge on any atom is -0.00152 e. The summed E-state index contributed by atoms with van der Waals surface area (Å²) in [6, 6.07) is 0. The average Bonchev–Trinajstić information content (AvgIpc) is 2.45. The summed E-state index contributed by atoms with van der Waals surface area (Å²) in [5.74, 6) is 3.22. The lowest BCUT2D eigenvalue weighted by Gasteiger charge is -2.11. The van der Waals surface area contributed by atoms with Crippen molar-refractivity contribution in [1.82, 2.24) is 0 Å². The third kappa shape index (κ3) is 0.658. The first-order chi connectivity index (χ1) is 4.40. The standard InChI is InChI=1S/C9H11/c1-2-8-5-7-3-4-9(8)6-7/h2-4,8-9H,1,5-6H2. The summed E-state index contributed by atoms with van der Waals surface area (Å²) < 4.78 is 0. The van der Waals surface area contributed by atoms with Crippen molar-refractivity contribution in [2.24, 2.45) is 11.8 Å². The zero-order valence-electron chi connectivity index (χ0n) is 5.51. The third-order valence-electron chi connectivity index (χ3n) is 2.43. The van der Waals surface area contributed by atoms with Crippen LogP contribution in [0, 0.1) is 17.8 Å². The molecule has 2 bridgehead atoms. The molecule has 0 nitrogen and oxygen atoms in total. The Bertz CT molecular complexity index is 155. The fourth-order valence-electron chi connectivity index (χ4n) is 1.86. The maximum atomic E-state index is 3.81. The van der Waals surface area contributed by atoms with Crippen LogP contribution in [-0.2, 0) is 0 Å². The maximum absolute atomic E-state index is 3.81. The first-order valence-electron chi connectivity index (χ1n) is 3.55. The van der Waals surface area contributed by atoms with Crippen LogP contribution in [0.5, 0.6) is 0 Å². The lowest BCUT2D eigenvalue weighted by molar-refractivity contribution is 0.558. The zero-order chi connectivity index (χ0) is 6.27. The van der Waals surface area contributed by atoms with Crippen molar-refractivity contribution in [3.8, 4) is 0 Å². The summed E-state index contributed by atoms with van der Waals surface area (Å²) in [7, 11) is 0. The minimum absolute atomic E-state index is 0.769. The van der Waals surface area contributed by atoms with Gasteiger partial charge in [0.1, 0.15) is 0 Å². The van der Waals surface area contributed by atoms with Crippen molar-refractivity contribution in [3.63, 3.8) is 0 Å². The first kappa shape index (κ1) is 5.28. The van der Waals surface area contributed by atoms with E-state index in [1.165, 1.54) is 12.8 Å². The second-order valence-corrected chi connectivity index (χ2v) is 2.99. The van der Waals surface area contributed by atoms with Gasteiger partial charge in [-0.05, 0) is 30.6 Å². The van der Waals surface area contributed by atoms with Gasteiger partial charge in [-0.15, -0.1) is 6.58 Å². The molecule has 0 spiro atoms. The average molecular weight is 119 g/mol. The molecule has 9 heavy (non-hydrogen) atoms. The molecule has 2 unspecified atom stereocenters. The monoisotopic (exact) mass is 119 g/mol. The topological polar surface area (TPSA) is 0 Å². The van der Waals surface area contributed by atoms with E-state index in [2.05, 4.69) is 24.8 Å². The second-order valence-electron chi connectivity index (χ2n) is 2.99. The Morgan fingerprint density at radius 3 is 2.78 bits per heavy atom. The number of hydrogen-bond acceptors (Lipinski definition) is 0. The molecule has 47 valence electrons. The van der Waals surface area contributed by atoms with Gasteiger partial charge in [0.05, 0.1) is 0 Å². The molecule has 2 aliphatic rings. The largest absolute Gasteiger partial charge is 0.103 e. The van der Waals surface area contributed by atoms with E-state index in [4.69, 9.17) is 0 Å². The molecular weight excluding hydrogens is 108 g/mol. The molecule has 2 rings (SSSR count). The lowest BCUT2D eigenvalue weighted by Crippen LogP contribution is -2.01. The highest BCUT2D eigenvalue weighted by molar-refractivity contribution is 5.28. The third-order valence-corrected chi connectivity index (χ3v) is 2.43. The van der Waals surface area contributed by atoms with Gasteiger partial charge < -0.3 is 0 Å². The van der Waals surface area contributed by atoms with E-state index >= 15 is 0 Å². The Labute approximate surface area is 56.3 Å². The Hall–Kier alpha value is -0.520. The molecule has 0 heteroatoms. The Kier molecular flexibility index (Phi) is 1.01. The zero-order valence-corrected chi connectivity index (χ0v) is 5.51. The van der Waals surface area contributed by atoms with E-state index < -0.39 is 0 Å². The van der Waals surface area contributed by atoms with Crippen molar-refractivity contribution >= 4 is 0 Å². The minimum atomic E-state index is 0.769. The molecule has 1 saturated carbocycles. The molecule has 1 fully saturated rings. The Morgan fingerprint density at radius 2 is 2.44 bits per heavy atom. The Balaban J connectivity index is 2.19. The van der Waals surface area contributed by atoms with E-state index in [-0.39, 0.29) is 0 Å². The first-order valence-corrected chi connectivity index (χ1v) is 3.55. The highest BCUT2D eigenvalue weighted by Gasteiger charge is 2.33. The van der Waals surface area contributed by atoms with Crippen LogP contribution in [0.3, 0.4) is 0 Å². The van der Waals surface area contributed by atoms with Gasteiger partial charge in [0.2, 0.25) is 0 Å². The molecule has 0 N–H and O–H groups in total. The highest BCUT2D eigenvalue weighted by Crippen LogP contribution is 2.44. The van der Waals surface area contributed by atoms with E-state index in [0.717, 1.165) is 11.8 Å². The second kappa shape index (κ2) is 1.73. The molecule has 0 aromatic heterocycles. The van der Waals surface area contributed by atoms with Gasteiger partial charge in [-0.2, -0.15) is 0 Å². The van der Waals surface area contributed by atoms with Crippen LogP contribution in [0.25, 0.3) is 0 Å². The van der Waals surface area contributed by atoms with E-state index in [1.807, 2.05) is 0 Å². The fourth-order valence-corrected chi connectivity index (χ4v) is 1.86. The van der Waals surface area contributed by atoms with Crippen LogP contribution in [-0.4, -0.2) is 0 Å². The normalized spacial score (nSPS) is 40.0. The van der Waals surface area contributed by atoms with Gasteiger partial charge in [-0.3, -0.25) is 0 Å². The molecule has 2 atom stereocenters. The molecule has 0 saturated heterocycles. The SMILES string of the molecule is C=CC1C[C]2C=CC1C2. The van der Waals surface area contributed by atoms with Crippen molar-refractivity contribution in [2.75, 3.05) is 0 Å². The quantitative estimate of drug-likeness (QED) is 0.465. The van der Waals surface area contributed by atoms with Gasteiger partial charge in [-0.1, -0.05) is 18.2 Å². The highest BCUT2D eigenvalue weighted by atomic mass is 14.4. The predicted molar refractivity (Wildman–Crippen MR) is 38.8 cm³/mol. The molecule has 0 aromatic rings. The van der Waals surface area contributed by atoms with Crippen LogP contribution >= 0.6 is 0 Å². The van der Waals surface area contributed by atoms with Crippen LogP contribution in [0.2, 0.25) is 0 Å². The molecule has 0 aromatic carbocycles. The molecule has 1 radical (unpaired) electrons. The molecule has 0 amide bonds. The van der Waals surface area contributed by atoms with Crippen LogP contribution in [0.4, 0.5) is 0 Å². The number of hydrogen-bond donors (Lipinski definition) is 0. The number of allylic oxidation sites excluding steroid dienone is 3. The lowest BCUT2D eigenvalue weighted by atomic mass is 9.94. The fraction of sp³-hybridized carbons (Fsp3) is 0.444. The van der Waals surface area contributed by atoms with Crippen molar-refractivity contribution < 1.29 is 0 Å². The van der Waals surface area contributed by atoms with E-state index in [9.17, 15) is 0 Å². The van der Waals surface area contributed by atoms with Gasteiger partial charge in [0.25, 0.3) is 0 Å². The summed E-state index contributed by atoms with van der Waals surface area (Å²) >= 11 is 0. The molecular formula is C9H11. The van der Waals surface area contributed by atoms with Crippen LogP contribution in [0.15, 0.2) is 24.8 Å². The van der Waals surface area contributed by atoms with Gasteiger partial charge in [0.15, 0.2) is 0 Å². The molecule has 2 aliphatic carbocycles. The van der Waals surface area contributed by atoms with Gasteiger partial charge in [-0.25, -0.2) is 0 Å². The number of rotatable bonds is 1. The van der Waals surface area contributed by atoms with E-state index in [1.54, 1.807) is 5.92 Å². The minimum Gasteiger partial charge on any atom is -0.103 e.